The van der Waals surface area contributed by atoms with Gasteiger partial charge in [-0.1, -0.05) is 42.5 Å². The highest BCUT2D eigenvalue weighted by Crippen LogP contribution is 2.39. The van der Waals surface area contributed by atoms with E-state index in [2.05, 4.69) is 84.3 Å². The summed E-state index contributed by atoms with van der Waals surface area (Å²) in [5, 5.41) is 2.16. The fourth-order valence-corrected chi connectivity index (χ4v) is 3.98. The van der Waals surface area contributed by atoms with Gasteiger partial charge in [0.2, 0.25) is 11.4 Å². The maximum absolute atomic E-state index is 6.32. The molecule has 0 spiro atoms. The Morgan fingerprint density at radius 3 is 2.43 bits per heavy atom. The number of pyridine rings is 2. The van der Waals surface area contributed by atoms with Gasteiger partial charge in [-0.25, -0.2) is 9.55 Å². The molecule has 3 aromatic heterocycles. The van der Waals surface area contributed by atoms with Gasteiger partial charge in [0.1, 0.15) is 7.05 Å². The third-order valence-electron chi connectivity index (χ3n) is 5.36. The minimum atomic E-state index is 0.696. The topological polar surface area (TPSA) is 29.9 Å². The normalized spacial score (nSPS) is 11.4. The first-order chi connectivity index (χ1) is 13.6. The number of hydrogen-bond acceptors (Lipinski definition) is 2. The summed E-state index contributed by atoms with van der Waals surface area (Å²) in [5.74, 6) is 0. The van der Waals surface area contributed by atoms with E-state index in [4.69, 9.17) is 4.42 Å². The molecule has 0 saturated heterocycles. The fourth-order valence-electron chi connectivity index (χ4n) is 3.98. The molecule has 0 aliphatic rings. The van der Waals surface area contributed by atoms with Gasteiger partial charge in [0, 0.05) is 22.5 Å². The average Bonchev–Trinajstić information content (AvgIpc) is 3.06. The second-order valence-corrected chi connectivity index (χ2v) is 7.29. The lowest BCUT2D eigenvalue weighted by molar-refractivity contribution is -0.659. The molecule has 0 atom stereocenters. The van der Waals surface area contributed by atoms with E-state index in [1.807, 2.05) is 19.1 Å². The van der Waals surface area contributed by atoms with E-state index < -0.39 is 0 Å². The summed E-state index contributed by atoms with van der Waals surface area (Å²) in [5.41, 5.74) is 8.37. The summed E-state index contributed by atoms with van der Waals surface area (Å²) >= 11 is 0. The van der Waals surface area contributed by atoms with Crippen molar-refractivity contribution < 1.29 is 8.98 Å². The number of furan rings is 1. The van der Waals surface area contributed by atoms with E-state index in [0.29, 0.717) is 5.71 Å². The number of aryl methyl sites for hydroxylation is 3. The van der Waals surface area contributed by atoms with Crippen LogP contribution in [-0.4, -0.2) is 4.98 Å². The molecule has 0 unspecified atom stereocenters. The molecule has 0 N–H and O–H groups in total. The zero-order valence-corrected chi connectivity index (χ0v) is 16.2. The molecular formula is C25H21N2O+. The van der Waals surface area contributed by atoms with Crippen molar-refractivity contribution in [3.05, 3.63) is 84.2 Å². The lowest BCUT2D eigenvalue weighted by atomic mass is 9.94. The van der Waals surface area contributed by atoms with Crippen LogP contribution in [0.15, 0.2) is 77.3 Å². The maximum atomic E-state index is 6.32. The van der Waals surface area contributed by atoms with Crippen molar-refractivity contribution in [2.45, 2.75) is 13.8 Å². The van der Waals surface area contributed by atoms with Gasteiger partial charge in [0.05, 0.1) is 11.1 Å². The van der Waals surface area contributed by atoms with E-state index in [1.54, 1.807) is 0 Å². The predicted molar refractivity (Wildman–Crippen MR) is 113 cm³/mol. The minimum absolute atomic E-state index is 0.696. The number of hydrogen-bond donors (Lipinski definition) is 0. The maximum Gasteiger partial charge on any atom is 0.227 e. The number of aromatic nitrogens is 2. The van der Waals surface area contributed by atoms with Crippen LogP contribution < -0.4 is 4.57 Å². The summed E-state index contributed by atoms with van der Waals surface area (Å²) in [6, 6.07) is 23.2. The van der Waals surface area contributed by atoms with Crippen LogP contribution in [0.4, 0.5) is 0 Å². The number of fused-ring (bicyclic) bond motifs is 3. The Bertz CT molecular complexity index is 1330. The molecule has 5 rings (SSSR count). The van der Waals surface area contributed by atoms with Crippen LogP contribution in [-0.2, 0) is 7.05 Å². The van der Waals surface area contributed by atoms with Gasteiger partial charge in [-0.05, 0) is 43.2 Å². The number of rotatable bonds is 2. The molecule has 28 heavy (non-hydrogen) atoms. The molecule has 0 aliphatic heterocycles. The Hall–Kier alpha value is -3.46. The summed E-state index contributed by atoms with van der Waals surface area (Å²) < 4.78 is 8.50. The van der Waals surface area contributed by atoms with Gasteiger partial charge >= 0.3 is 0 Å². The third-order valence-corrected chi connectivity index (χ3v) is 5.36. The first kappa shape index (κ1) is 16.7. The second kappa shape index (κ2) is 6.31. The molecule has 0 radical (unpaired) electrons. The van der Waals surface area contributed by atoms with Gasteiger partial charge in [-0.3, -0.25) is 0 Å². The van der Waals surface area contributed by atoms with Gasteiger partial charge in [-0.2, -0.15) is 0 Å². The zero-order chi connectivity index (χ0) is 19.3. The van der Waals surface area contributed by atoms with Crippen LogP contribution in [0.2, 0.25) is 0 Å². The highest BCUT2D eigenvalue weighted by Gasteiger charge is 2.24. The Morgan fingerprint density at radius 2 is 1.61 bits per heavy atom. The van der Waals surface area contributed by atoms with Crippen LogP contribution in [0.5, 0.6) is 0 Å². The molecule has 2 aromatic carbocycles. The van der Waals surface area contributed by atoms with Crippen LogP contribution in [0.25, 0.3) is 44.5 Å². The molecule has 3 nitrogen and oxygen atoms in total. The van der Waals surface area contributed by atoms with Gasteiger partial charge in [0.25, 0.3) is 0 Å². The Kier molecular flexibility index (Phi) is 3.76. The van der Waals surface area contributed by atoms with E-state index in [1.165, 1.54) is 16.7 Å². The predicted octanol–water partition coefficient (Wildman–Crippen LogP) is 5.76. The SMILES string of the molecule is Cc1ccc2c(n1)oc1c(-c3c(-c4ccccc4)ccc[n+]3C)c(C)ccc12. The number of benzene rings is 2. The molecule has 0 aliphatic carbocycles. The largest absolute Gasteiger partial charge is 0.437 e. The van der Waals surface area contributed by atoms with Crippen LogP contribution in [0.3, 0.4) is 0 Å². The zero-order valence-electron chi connectivity index (χ0n) is 16.2. The van der Waals surface area contributed by atoms with E-state index in [0.717, 1.165) is 33.3 Å². The minimum Gasteiger partial charge on any atom is -0.437 e. The molecule has 0 saturated carbocycles. The molecule has 0 amide bonds. The van der Waals surface area contributed by atoms with Crippen molar-refractivity contribution >= 4 is 22.1 Å². The summed E-state index contributed by atoms with van der Waals surface area (Å²) in [6.07, 6.45) is 2.09. The highest BCUT2D eigenvalue weighted by molar-refractivity contribution is 6.09. The third kappa shape index (κ3) is 2.51. The van der Waals surface area contributed by atoms with Gasteiger partial charge in [0.15, 0.2) is 11.8 Å². The van der Waals surface area contributed by atoms with Crippen molar-refractivity contribution in [3.63, 3.8) is 0 Å². The average molecular weight is 365 g/mol. The van der Waals surface area contributed by atoms with Crippen molar-refractivity contribution in [3.8, 4) is 22.4 Å². The Labute approximate surface area is 163 Å². The molecule has 0 bridgehead atoms. The summed E-state index contributed by atoms with van der Waals surface area (Å²) in [7, 11) is 2.09. The van der Waals surface area contributed by atoms with Crippen LogP contribution in [0, 0.1) is 13.8 Å². The molecular weight excluding hydrogens is 344 g/mol. The van der Waals surface area contributed by atoms with Crippen molar-refractivity contribution in [2.75, 3.05) is 0 Å². The first-order valence-corrected chi connectivity index (χ1v) is 9.47. The van der Waals surface area contributed by atoms with E-state index >= 15 is 0 Å². The summed E-state index contributed by atoms with van der Waals surface area (Å²) in [6.45, 7) is 4.13. The van der Waals surface area contributed by atoms with Crippen molar-refractivity contribution in [1.82, 2.24) is 4.98 Å². The smallest absolute Gasteiger partial charge is 0.227 e. The molecule has 0 fully saturated rings. The first-order valence-electron chi connectivity index (χ1n) is 9.47. The van der Waals surface area contributed by atoms with E-state index in [-0.39, 0.29) is 0 Å². The second-order valence-electron chi connectivity index (χ2n) is 7.29. The van der Waals surface area contributed by atoms with Gasteiger partial charge in [-0.15, -0.1) is 0 Å². The monoisotopic (exact) mass is 365 g/mol. The number of nitrogens with zero attached hydrogens (tertiary/aromatic N) is 2. The highest BCUT2D eigenvalue weighted by atomic mass is 16.3. The van der Waals surface area contributed by atoms with Crippen molar-refractivity contribution in [2.24, 2.45) is 7.05 Å². The van der Waals surface area contributed by atoms with Gasteiger partial charge < -0.3 is 4.42 Å². The lowest BCUT2D eigenvalue weighted by Gasteiger charge is -2.10. The standard InChI is InChI=1S/C25H21N2O/c1-16-11-13-20-21-14-12-17(2)26-25(21)28-24(20)22(16)23-19(10-7-15-27(23)3)18-8-5-4-6-9-18/h4-15H,1-3H3/q+1. The van der Waals surface area contributed by atoms with Crippen molar-refractivity contribution in [1.29, 1.82) is 0 Å². The van der Waals surface area contributed by atoms with E-state index in [9.17, 15) is 0 Å². The molecule has 136 valence electrons. The summed E-state index contributed by atoms with van der Waals surface area (Å²) in [4.78, 5) is 4.61. The van der Waals surface area contributed by atoms with Crippen LogP contribution in [0.1, 0.15) is 11.3 Å². The molecule has 5 aromatic rings. The molecule has 3 heteroatoms. The Morgan fingerprint density at radius 1 is 0.821 bits per heavy atom. The molecule has 3 heterocycles. The lowest BCUT2D eigenvalue weighted by Crippen LogP contribution is -2.31. The quantitative estimate of drug-likeness (QED) is 0.373. The Balaban J connectivity index is 1.91. The van der Waals surface area contributed by atoms with Crippen LogP contribution >= 0.6 is 0 Å². The fraction of sp³-hybridized carbons (Fsp3) is 0.120.